The molecule has 10 heteroatoms. The summed E-state index contributed by atoms with van der Waals surface area (Å²) in [4.78, 5) is 23.7. The second-order valence-electron chi connectivity index (χ2n) is 8.06. The summed E-state index contributed by atoms with van der Waals surface area (Å²) >= 11 is 8.65. The molecule has 2 aromatic carbocycles. The van der Waals surface area contributed by atoms with E-state index in [1.807, 2.05) is 18.2 Å². The van der Waals surface area contributed by atoms with Crippen molar-refractivity contribution in [3.63, 3.8) is 0 Å². The zero-order valence-corrected chi connectivity index (χ0v) is 22.0. The quantitative estimate of drug-likeness (QED) is 0.181. The Balaban J connectivity index is 1.70. The molecule has 8 nitrogen and oxygen atoms in total. The average Bonchev–Trinajstić information content (AvgIpc) is 3.44. The number of hydrogen-bond acceptors (Lipinski definition) is 5. The summed E-state index contributed by atoms with van der Waals surface area (Å²) in [5.41, 5.74) is 2.08. The molecule has 0 aliphatic rings. The molecular weight excluding hydrogens is 583 g/mol. The standard InChI is InChI=1S/C25H26ClIN4O4/c1-2-3-4-21(23-28-14-20(29-23)18-10-7-16(27)13-19(18)26)31-24(33)22(30-25(31)34)15-5-8-17(9-6-15)35-12-11-32/h5-10,13-14,21,32-33H,2-4,11-12H2,1H3,(H,28,29)(H,30,34)/t21-/m1/s1. The molecule has 0 aliphatic carbocycles. The van der Waals surface area contributed by atoms with Crippen LogP contribution in [0.25, 0.3) is 22.5 Å². The van der Waals surface area contributed by atoms with Crippen molar-refractivity contribution in [2.45, 2.75) is 32.2 Å². The van der Waals surface area contributed by atoms with E-state index in [2.05, 4.69) is 44.5 Å². The molecular formula is C25H26ClIN4O4. The van der Waals surface area contributed by atoms with E-state index >= 15 is 0 Å². The summed E-state index contributed by atoms with van der Waals surface area (Å²) < 4.78 is 7.76. The van der Waals surface area contributed by atoms with E-state index in [-0.39, 0.29) is 19.1 Å². The van der Waals surface area contributed by atoms with Crippen LogP contribution in [-0.4, -0.2) is 42.9 Å². The number of H-pyrrole nitrogens is 2. The van der Waals surface area contributed by atoms with Gasteiger partial charge in [0.2, 0.25) is 5.88 Å². The van der Waals surface area contributed by atoms with Gasteiger partial charge in [-0.3, -0.25) is 4.57 Å². The third-order valence-electron chi connectivity index (χ3n) is 5.68. The van der Waals surface area contributed by atoms with E-state index in [1.54, 1.807) is 30.5 Å². The summed E-state index contributed by atoms with van der Waals surface area (Å²) in [6.07, 6.45) is 4.08. The summed E-state index contributed by atoms with van der Waals surface area (Å²) in [6.45, 7) is 2.18. The fourth-order valence-corrected chi connectivity index (χ4v) is 4.91. The summed E-state index contributed by atoms with van der Waals surface area (Å²) in [7, 11) is 0. The van der Waals surface area contributed by atoms with Crippen molar-refractivity contribution in [3.8, 4) is 34.1 Å². The number of imidazole rings is 2. The highest BCUT2D eigenvalue weighted by Gasteiger charge is 2.25. The molecule has 0 spiro atoms. The van der Waals surface area contributed by atoms with Crippen LogP contribution in [0.3, 0.4) is 0 Å². The zero-order valence-electron chi connectivity index (χ0n) is 19.1. The Hall–Kier alpha value is -2.76. The molecule has 0 saturated carbocycles. The van der Waals surface area contributed by atoms with Gasteiger partial charge in [-0.15, -0.1) is 0 Å². The van der Waals surface area contributed by atoms with Crippen LogP contribution >= 0.6 is 34.2 Å². The van der Waals surface area contributed by atoms with Gasteiger partial charge in [-0.1, -0.05) is 37.4 Å². The second kappa shape index (κ2) is 11.3. The third kappa shape index (κ3) is 5.57. The van der Waals surface area contributed by atoms with Gasteiger partial charge in [0.25, 0.3) is 0 Å². The van der Waals surface area contributed by atoms with Crippen molar-refractivity contribution < 1.29 is 14.9 Å². The Kier molecular flexibility index (Phi) is 8.19. The minimum atomic E-state index is -0.490. The molecule has 0 unspecified atom stereocenters. The minimum Gasteiger partial charge on any atom is -0.493 e. The van der Waals surface area contributed by atoms with Gasteiger partial charge in [-0.2, -0.15) is 0 Å². The lowest BCUT2D eigenvalue weighted by atomic mass is 10.1. The topological polar surface area (TPSA) is 116 Å². The smallest absolute Gasteiger partial charge is 0.329 e. The highest BCUT2D eigenvalue weighted by molar-refractivity contribution is 14.1. The van der Waals surface area contributed by atoms with Gasteiger partial charge in [0.05, 0.1) is 29.6 Å². The largest absolute Gasteiger partial charge is 0.493 e. The molecule has 4 N–H and O–H groups in total. The SMILES string of the molecule is CCCC[C@H](c1ncc(-c2ccc(I)cc2Cl)[nH]1)n1c(O)c(-c2ccc(OCCO)cc2)[nH]c1=O. The average molecular weight is 609 g/mol. The number of aliphatic hydroxyl groups excluding tert-OH is 1. The lowest BCUT2D eigenvalue weighted by molar-refractivity contribution is 0.201. The van der Waals surface area contributed by atoms with Crippen molar-refractivity contribution in [1.29, 1.82) is 0 Å². The number of halogens is 2. The number of benzene rings is 2. The molecule has 0 radical (unpaired) electrons. The van der Waals surface area contributed by atoms with Crippen molar-refractivity contribution in [2.24, 2.45) is 0 Å². The number of aromatic hydroxyl groups is 1. The predicted molar refractivity (Wildman–Crippen MR) is 144 cm³/mol. The summed E-state index contributed by atoms with van der Waals surface area (Å²) in [5, 5.41) is 20.6. The monoisotopic (exact) mass is 608 g/mol. The van der Waals surface area contributed by atoms with Crippen LogP contribution in [0.2, 0.25) is 5.02 Å². The number of aliphatic hydroxyl groups is 1. The van der Waals surface area contributed by atoms with Gasteiger partial charge < -0.3 is 24.9 Å². The molecule has 0 fully saturated rings. The Morgan fingerprint density at radius 1 is 1.20 bits per heavy atom. The van der Waals surface area contributed by atoms with Gasteiger partial charge in [-0.25, -0.2) is 9.78 Å². The molecule has 4 rings (SSSR count). The number of nitrogens with zero attached hydrogens (tertiary/aromatic N) is 2. The van der Waals surface area contributed by atoms with Crippen LogP contribution in [0.5, 0.6) is 11.6 Å². The molecule has 0 bridgehead atoms. The van der Waals surface area contributed by atoms with Crippen LogP contribution in [0.15, 0.2) is 53.5 Å². The normalized spacial score (nSPS) is 12.1. The lowest BCUT2D eigenvalue weighted by Gasteiger charge is -2.16. The third-order valence-corrected chi connectivity index (χ3v) is 6.66. The van der Waals surface area contributed by atoms with E-state index in [9.17, 15) is 9.90 Å². The Labute approximate surface area is 221 Å². The first-order valence-electron chi connectivity index (χ1n) is 11.3. The predicted octanol–water partition coefficient (Wildman–Crippen LogP) is 5.35. The van der Waals surface area contributed by atoms with E-state index in [0.717, 1.165) is 27.7 Å². The van der Waals surface area contributed by atoms with Crippen molar-refractivity contribution in [2.75, 3.05) is 13.2 Å². The van der Waals surface area contributed by atoms with Crippen molar-refractivity contribution >= 4 is 34.2 Å². The van der Waals surface area contributed by atoms with Crippen LogP contribution < -0.4 is 10.4 Å². The number of aromatic amines is 2. The van der Waals surface area contributed by atoms with E-state index in [4.69, 9.17) is 21.4 Å². The maximum Gasteiger partial charge on any atom is 0.329 e. The van der Waals surface area contributed by atoms with Gasteiger partial charge >= 0.3 is 5.69 Å². The first-order chi connectivity index (χ1) is 16.9. The van der Waals surface area contributed by atoms with Crippen LogP contribution in [-0.2, 0) is 0 Å². The molecule has 0 amide bonds. The first-order valence-corrected chi connectivity index (χ1v) is 12.8. The van der Waals surface area contributed by atoms with Crippen molar-refractivity contribution in [1.82, 2.24) is 19.5 Å². The van der Waals surface area contributed by atoms with Gasteiger partial charge in [0.15, 0.2) is 0 Å². The van der Waals surface area contributed by atoms with Crippen LogP contribution in [0.4, 0.5) is 0 Å². The van der Waals surface area contributed by atoms with Gasteiger partial charge in [0.1, 0.15) is 23.9 Å². The van der Waals surface area contributed by atoms with E-state index < -0.39 is 11.7 Å². The number of hydrogen-bond donors (Lipinski definition) is 4. The number of aromatic nitrogens is 4. The maximum absolute atomic E-state index is 13.0. The highest BCUT2D eigenvalue weighted by Crippen LogP contribution is 2.34. The van der Waals surface area contributed by atoms with Gasteiger partial charge in [0, 0.05) is 14.7 Å². The molecule has 2 aromatic heterocycles. The van der Waals surface area contributed by atoms with Crippen molar-refractivity contribution in [3.05, 3.63) is 73.6 Å². The van der Waals surface area contributed by atoms with E-state index in [1.165, 1.54) is 4.57 Å². The molecule has 0 saturated heterocycles. The Morgan fingerprint density at radius 3 is 2.66 bits per heavy atom. The minimum absolute atomic E-state index is 0.0812. The van der Waals surface area contributed by atoms with E-state index in [0.29, 0.717) is 34.3 Å². The molecule has 2 heterocycles. The fraction of sp³-hybridized carbons (Fsp3) is 0.280. The number of ether oxygens (including phenoxy) is 1. The molecule has 4 aromatic rings. The fourth-order valence-electron chi connectivity index (χ4n) is 3.95. The second-order valence-corrected chi connectivity index (χ2v) is 9.71. The number of rotatable bonds is 10. The van der Waals surface area contributed by atoms with Crippen LogP contribution in [0.1, 0.15) is 38.1 Å². The Bertz CT molecular complexity index is 1350. The first kappa shape index (κ1) is 25.3. The Morgan fingerprint density at radius 2 is 1.97 bits per heavy atom. The molecule has 0 aliphatic heterocycles. The summed E-state index contributed by atoms with van der Waals surface area (Å²) in [6, 6.07) is 12.2. The van der Waals surface area contributed by atoms with Gasteiger partial charge in [-0.05, 0) is 65.4 Å². The molecule has 35 heavy (non-hydrogen) atoms. The molecule has 1 atom stereocenters. The summed E-state index contributed by atoms with van der Waals surface area (Å²) in [5.74, 6) is 0.992. The molecule has 184 valence electrons. The number of unbranched alkanes of at least 4 members (excludes halogenated alkanes) is 1. The van der Waals surface area contributed by atoms with Crippen LogP contribution in [0, 0.1) is 3.57 Å². The maximum atomic E-state index is 13.0. The highest BCUT2D eigenvalue weighted by atomic mass is 127. The zero-order chi connectivity index (χ0) is 24.9. The lowest BCUT2D eigenvalue weighted by Crippen LogP contribution is -2.24. The number of nitrogens with one attached hydrogen (secondary N) is 2.